The van der Waals surface area contributed by atoms with Crippen molar-refractivity contribution in [1.29, 1.82) is 0 Å². The molecule has 2 bridgehead atoms. The second-order valence-corrected chi connectivity index (χ2v) is 17.5. The number of pyridine rings is 1. The summed E-state index contributed by atoms with van der Waals surface area (Å²) in [6, 6.07) is 34.0. The van der Waals surface area contributed by atoms with E-state index >= 15 is 0 Å². The Kier molecular flexibility index (Phi) is 7.53. The summed E-state index contributed by atoms with van der Waals surface area (Å²) in [5, 5.41) is 11.4. The molecule has 0 aliphatic carbocycles. The van der Waals surface area contributed by atoms with Gasteiger partial charge in [0, 0.05) is 0 Å². The minimum atomic E-state index is -1.80. The number of hydrogen-bond acceptors (Lipinski definition) is 3. The first-order chi connectivity index (χ1) is 21.1. The zero-order chi connectivity index (χ0) is 29.4. The normalized spacial score (nSPS) is 21.4. The van der Waals surface area contributed by atoms with Gasteiger partial charge in [0.2, 0.25) is 0 Å². The van der Waals surface area contributed by atoms with Gasteiger partial charge >= 0.3 is 256 Å². The zero-order valence-electron chi connectivity index (χ0n) is 24.9. The number of aromatic hydroxyl groups is 1. The molecule has 0 spiro atoms. The van der Waals surface area contributed by atoms with Crippen LogP contribution in [0.3, 0.4) is 0 Å². The molecule has 0 amide bonds. The van der Waals surface area contributed by atoms with E-state index in [1.165, 1.54) is 58.5 Å². The second kappa shape index (κ2) is 11.6. The average Bonchev–Trinajstić information content (AvgIpc) is 3.06. The van der Waals surface area contributed by atoms with Gasteiger partial charge < -0.3 is 0 Å². The van der Waals surface area contributed by atoms with Crippen molar-refractivity contribution in [3.63, 3.8) is 0 Å². The summed E-state index contributed by atoms with van der Waals surface area (Å²) in [6.45, 7) is 4.30. The molecule has 3 aliphatic heterocycles. The van der Waals surface area contributed by atoms with Gasteiger partial charge in [0.1, 0.15) is 0 Å². The maximum atomic E-state index is 10.3. The summed E-state index contributed by atoms with van der Waals surface area (Å²) in [5.41, 5.74) is 9.11. The number of hydrogen-bond donors (Lipinski definition) is 1. The Labute approximate surface area is 255 Å². The van der Waals surface area contributed by atoms with E-state index < -0.39 is 7.26 Å². The van der Waals surface area contributed by atoms with E-state index in [4.69, 9.17) is 4.74 Å². The van der Waals surface area contributed by atoms with Crippen LogP contribution in [0.25, 0.3) is 33.2 Å². The van der Waals surface area contributed by atoms with E-state index in [0.717, 1.165) is 35.2 Å². The molecule has 3 aliphatic rings. The molecule has 218 valence electrons. The number of nitrogens with zero attached hydrogens (tertiary/aromatic N) is 1. The average molecular weight is 586 g/mol. The molecule has 1 aromatic heterocycles. The van der Waals surface area contributed by atoms with Crippen LogP contribution in [0.2, 0.25) is 0 Å². The third kappa shape index (κ3) is 5.25. The van der Waals surface area contributed by atoms with Crippen molar-refractivity contribution >= 4 is 18.2 Å². The summed E-state index contributed by atoms with van der Waals surface area (Å²) in [7, 11) is -0.00212. The molecule has 3 atom stereocenters. The van der Waals surface area contributed by atoms with Gasteiger partial charge in [-0.1, -0.05) is 0 Å². The molecule has 4 heteroatoms. The molecular formula is C39H40NO2P. The summed E-state index contributed by atoms with van der Waals surface area (Å²) in [4.78, 5) is 4.60. The number of aromatic nitrogens is 1. The first-order valence-corrected chi connectivity index (χ1v) is 18.3. The fourth-order valence-electron chi connectivity index (χ4n) is 8.30. The number of rotatable bonds is 8. The van der Waals surface area contributed by atoms with Crippen LogP contribution < -0.4 is 4.74 Å². The summed E-state index contributed by atoms with van der Waals surface area (Å²) in [6.07, 6.45) is 11.7. The number of phenols is 1. The Morgan fingerprint density at radius 2 is 1.63 bits per heavy atom. The molecular weight excluding hydrogens is 545 g/mol. The van der Waals surface area contributed by atoms with Gasteiger partial charge in [-0.05, 0) is 0 Å². The van der Waals surface area contributed by atoms with Gasteiger partial charge in [0.05, 0.1) is 0 Å². The van der Waals surface area contributed by atoms with E-state index in [0.29, 0.717) is 17.3 Å². The Morgan fingerprint density at radius 3 is 2.28 bits per heavy atom. The number of allylic oxidation sites excluding steroid dienone is 1. The summed E-state index contributed by atoms with van der Waals surface area (Å²) >= 11 is 0. The van der Waals surface area contributed by atoms with Crippen molar-refractivity contribution in [2.24, 2.45) is 11.8 Å². The van der Waals surface area contributed by atoms with Crippen molar-refractivity contribution in [1.82, 2.24) is 4.98 Å². The molecule has 3 nitrogen and oxygen atoms in total. The van der Waals surface area contributed by atoms with Gasteiger partial charge in [-0.15, -0.1) is 0 Å². The van der Waals surface area contributed by atoms with Crippen molar-refractivity contribution < 1.29 is 9.84 Å². The molecule has 1 N–H and O–H groups in total. The molecule has 3 fully saturated rings. The first-order valence-electron chi connectivity index (χ1n) is 15.6. The SMILES string of the molecule is C=CC1C[PH]2(Cc3cc(-c4ccccc4)c(OC)c(-c4ccccc4)c3)CCC1CC2Cc1ccnc2ccc(O)cc12. The number of phenolic OH excluding ortho intramolecular Hbond substituents is 1. The van der Waals surface area contributed by atoms with Crippen molar-refractivity contribution in [3.05, 3.63) is 127 Å². The van der Waals surface area contributed by atoms with Crippen LogP contribution in [-0.2, 0) is 12.6 Å². The zero-order valence-corrected chi connectivity index (χ0v) is 25.9. The van der Waals surface area contributed by atoms with E-state index in [1.54, 1.807) is 13.2 Å². The second-order valence-electron chi connectivity index (χ2n) is 12.7. The van der Waals surface area contributed by atoms with Crippen LogP contribution in [0.4, 0.5) is 0 Å². The topological polar surface area (TPSA) is 42.4 Å². The predicted octanol–water partition coefficient (Wildman–Crippen LogP) is 9.37. The van der Waals surface area contributed by atoms with E-state index in [1.807, 2.05) is 18.3 Å². The quantitative estimate of drug-likeness (QED) is 0.146. The molecule has 0 saturated carbocycles. The summed E-state index contributed by atoms with van der Waals surface area (Å²) < 4.78 is 6.15. The maximum absolute atomic E-state index is 10.3. The summed E-state index contributed by atoms with van der Waals surface area (Å²) in [5.74, 6) is 2.60. The predicted molar refractivity (Wildman–Crippen MR) is 183 cm³/mol. The monoisotopic (exact) mass is 585 g/mol. The number of ether oxygens (including phenoxy) is 1. The fraction of sp³-hybridized carbons (Fsp3) is 0.256. The van der Waals surface area contributed by atoms with Gasteiger partial charge in [-0.2, -0.15) is 0 Å². The fourth-order valence-corrected chi connectivity index (χ4v) is 14.7. The van der Waals surface area contributed by atoms with Crippen LogP contribution in [-0.4, -0.2) is 35.2 Å². The van der Waals surface area contributed by atoms with Crippen molar-refractivity contribution in [2.45, 2.75) is 31.1 Å². The third-order valence-electron chi connectivity index (χ3n) is 10.4. The number of fused-ring (bicyclic) bond motifs is 4. The Bertz CT molecular complexity index is 1710. The van der Waals surface area contributed by atoms with Crippen LogP contribution in [0.15, 0.2) is 116 Å². The van der Waals surface area contributed by atoms with Crippen LogP contribution in [0, 0.1) is 11.8 Å². The molecule has 5 aromatic rings. The molecule has 4 aromatic carbocycles. The molecule has 0 radical (unpaired) electrons. The third-order valence-corrected chi connectivity index (χ3v) is 16.2. The molecule has 43 heavy (non-hydrogen) atoms. The molecule has 8 rings (SSSR count). The molecule has 3 unspecified atom stereocenters. The van der Waals surface area contributed by atoms with Crippen LogP contribution >= 0.6 is 7.26 Å². The van der Waals surface area contributed by atoms with Gasteiger partial charge in [0.15, 0.2) is 0 Å². The van der Waals surface area contributed by atoms with Crippen molar-refractivity contribution in [2.75, 3.05) is 19.4 Å². The van der Waals surface area contributed by atoms with Gasteiger partial charge in [0.25, 0.3) is 0 Å². The van der Waals surface area contributed by atoms with Gasteiger partial charge in [-0.3, -0.25) is 0 Å². The first kappa shape index (κ1) is 27.9. The van der Waals surface area contributed by atoms with Crippen LogP contribution in [0.1, 0.15) is 24.0 Å². The van der Waals surface area contributed by atoms with E-state index in [-0.39, 0.29) is 0 Å². The molecule has 4 heterocycles. The number of benzene rings is 4. The Balaban J connectivity index is 1.33. The Hall–Kier alpha value is -3.94. The van der Waals surface area contributed by atoms with E-state index in [2.05, 4.69) is 96.5 Å². The van der Waals surface area contributed by atoms with Crippen LogP contribution in [0.5, 0.6) is 11.5 Å². The Morgan fingerprint density at radius 1 is 0.930 bits per heavy atom. The standard InChI is InChI=1S/C39H40NO2P/c1-3-28-26-43(19-17-31(28)22-34(43)23-32-16-18-40-38-15-14-33(41)24-35(32)38)25-27-20-36(29-10-6-4-7-11-29)39(42-2)37(21-27)30-12-8-5-9-13-30/h3-16,18,20-21,24,28,31,34,41,43H,1,17,19,22-23,25-26H2,2H3. The molecule has 3 saturated heterocycles. The minimum absolute atomic E-state index is 0.311. The van der Waals surface area contributed by atoms with Crippen molar-refractivity contribution in [3.8, 4) is 33.8 Å². The van der Waals surface area contributed by atoms with E-state index in [9.17, 15) is 5.11 Å². The number of methoxy groups -OCH3 is 1. The van der Waals surface area contributed by atoms with Gasteiger partial charge in [-0.25, -0.2) is 0 Å².